The van der Waals surface area contributed by atoms with E-state index in [1.165, 1.54) is 0 Å². The van der Waals surface area contributed by atoms with Crippen LogP contribution in [0.5, 0.6) is 0 Å². The van der Waals surface area contributed by atoms with Crippen molar-refractivity contribution in [1.82, 2.24) is 9.97 Å². The number of aromatic amines is 1. The van der Waals surface area contributed by atoms with Crippen molar-refractivity contribution in [2.24, 2.45) is 0 Å². The number of nitrogens with zero attached hydrogens (tertiary/aromatic N) is 2. The smallest absolute Gasteiger partial charge is 0.344 e. The molecule has 1 heterocycles. The molecule has 0 aliphatic carbocycles. The first kappa shape index (κ1) is 7.71. The number of nitrogens with one attached hydrogen (secondary N) is 1. The minimum absolute atomic E-state index is 0.0370. The van der Waals surface area contributed by atoms with Crippen LogP contribution in [0.4, 0.5) is 5.82 Å². The van der Waals surface area contributed by atoms with E-state index in [0.29, 0.717) is 11.5 Å². The van der Waals surface area contributed by atoms with Gasteiger partial charge in [-0.2, -0.15) is 0 Å². The van der Waals surface area contributed by atoms with Gasteiger partial charge in [-0.15, -0.1) is 0 Å². The molecule has 1 N–H and O–H groups in total. The Morgan fingerprint density at radius 3 is 2.73 bits per heavy atom. The van der Waals surface area contributed by atoms with Crippen LogP contribution in [0.25, 0.3) is 0 Å². The van der Waals surface area contributed by atoms with E-state index in [1.807, 2.05) is 0 Å². The monoisotopic (exact) mass is 154 g/mol. The summed E-state index contributed by atoms with van der Waals surface area (Å²) in [5.41, 5.74) is 0.396. The zero-order chi connectivity index (χ0) is 8.43. The standard InChI is InChI=1S/C6H8N3O2/c1-3-5-6(9(10)11)8-4(2)7-5/h3H,1-2H3,(H,7,8). The van der Waals surface area contributed by atoms with E-state index in [1.54, 1.807) is 20.3 Å². The highest BCUT2D eigenvalue weighted by molar-refractivity contribution is 5.32. The van der Waals surface area contributed by atoms with Crippen molar-refractivity contribution in [3.05, 3.63) is 28.1 Å². The summed E-state index contributed by atoms with van der Waals surface area (Å²) in [7, 11) is 0. The van der Waals surface area contributed by atoms with Crippen molar-refractivity contribution >= 4 is 5.82 Å². The van der Waals surface area contributed by atoms with Crippen LogP contribution in [0.3, 0.4) is 0 Å². The Bertz CT molecular complexity index is 279. The molecule has 0 spiro atoms. The molecule has 1 radical (unpaired) electrons. The van der Waals surface area contributed by atoms with E-state index in [0.717, 1.165) is 0 Å². The maximum Gasteiger partial charge on any atom is 0.344 e. The van der Waals surface area contributed by atoms with E-state index in [4.69, 9.17) is 0 Å². The molecule has 0 aliphatic rings. The maximum absolute atomic E-state index is 10.3. The van der Waals surface area contributed by atoms with Crippen LogP contribution in [0, 0.1) is 23.5 Å². The van der Waals surface area contributed by atoms with Crippen molar-refractivity contribution in [2.45, 2.75) is 13.8 Å². The first-order valence-electron chi connectivity index (χ1n) is 3.15. The topological polar surface area (TPSA) is 71.8 Å². The molecular weight excluding hydrogens is 146 g/mol. The number of hydrogen-bond donors (Lipinski definition) is 1. The second-order valence-corrected chi connectivity index (χ2v) is 2.10. The van der Waals surface area contributed by atoms with Gasteiger partial charge in [0.05, 0.1) is 0 Å². The summed E-state index contributed by atoms with van der Waals surface area (Å²) in [5.74, 6) is 0.523. The van der Waals surface area contributed by atoms with Crippen LogP contribution in [0.15, 0.2) is 0 Å². The van der Waals surface area contributed by atoms with Crippen molar-refractivity contribution in [3.8, 4) is 0 Å². The second kappa shape index (κ2) is 2.69. The molecule has 59 valence electrons. The van der Waals surface area contributed by atoms with Gasteiger partial charge in [-0.3, -0.25) is 0 Å². The van der Waals surface area contributed by atoms with Gasteiger partial charge in [0.15, 0.2) is 5.82 Å². The lowest BCUT2D eigenvalue weighted by atomic mass is 10.3. The fourth-order valence-electron chi connectivity index (χ4n) is 0.837. The number of imidazole rings is 1. The molecule has 1 aromatic heterocycles. The quantitative estimate of drug-likeness (QED) is 0.513. The van der Waals surface area contributed by atoms with E-state index in [-0.39, 0.29) is 5.82 Å². The summed E-state index contributed by atoms with van der Waals surface area (Å²) in [6, 6.07) is 0. The minimum Gasteiger partial charge on any atom is -0.358 e. The summed E-state index contributed by atoms with van der Waals surface area (Å²) < 4.78 is 0. The Kier molecular flexibility index (Phi) is 1.89. The average Bonchev–Trinajstić information content (AvgIpc) is 2.30. The van der Waals surface area contributed by atoms with Gasteiger partial charge in [0.2, 0.25) is 0 Å². The Balaban J connectivity index is 3.12. The molecule has 0 unspecified atom stereocenters. The molecule has 0 saturated heterocycles. The van der Waals surface area contributed by atoms with E-state index in [9.17, 15) is 10.1 Å². The van der Waals surface area contributed by atoms with Crippen molar-refractivity contribution in [2.75, 3.05) is 0 Å². The van der Waals surface area contributed by atoms with Crippen molar-refractivity contribution in [1.29, 1.82) is 0 Å². The molecule has 5 nitrogen and oxygen atoms in total. The summed E-state index contributed by atoms with van der Waals surface area (Å²) in [4.78, 5) is 16.3. The summed E-state index contributed by atoms with van der Waals surface area (Å²) in [6.45, 7) is 3.39. The van der Waals surface area contributed by atoms with Crippen molar-refractivity contribution in [3.63, 3.8) is 0 Å². The van der Waals surface area contributed by atoms with Crippen molar-refractivity contribution < 1.29 is 4.92 Å². The fraction of sp³-hybridized carbons (Fsp3) is 0.333. The largest absolute Gasteiger partial charge is 0.358 e. The fourth-order valence-corrected chi connectivity index (χ4v) is 0.837. The molecule has 1 aromatic rings. The number of rotatable bonds is 2. The molecule has 1 rings (SSSR count). The molecular formula is C6H8N3O2. The summed E-state index contributed by atoms with van der Waals surface area (Å²) in [6.07, 6.45) is 1.60. The molecule has 0 bridgehead atoms. The number of aryl methyl sites for hydroxylation is 1. The average molecular weight is 154 g/mol. The SMILES string of the molecule is C[CH]c1nc(C)[nH]c1[N+](=O)[O-]. The minimum atomic E-state index is -0.477. The first-order chi connectivity index (χ1) is 5.15. The zero-order valence-electron chi connectivity index (χ0n) is 6.29. The molecule has 0 aliphatic heterocycles. The molecule has 0 fully saturated rings. The summed E-state index contributed by atoms with van der Waals surface area (Å²) in [5, 5.41) is 10.3. The van der Waals surface area contributed by atoms with Gasteiger partial charge in [-0.1, -0.05) is 6.92 Å². The second-order valence-electron chi connectivity index (χ2n) is 2.10. The zero-order valence-corrected chi connectivity index (χ0v) is 6.29. The van der Waals surface area contributed by atoms with Crippen LogP contribution >= 0.6 is 0 Å². The molecule has 5 heteroatoms. The molecule has 0 aromatic carbocycles. The van der Waals surface area contributed by atoms with Crippen LogP contribution < -0.4 is 0 Å². The van der Waals surface area contributed by atoms with E-state index >= 15 is 0 Å². The normalized spacial score (nSPS) is 10.0. The third-order valence-corrected chi connectivity index (χ3v) is 1.29. The first-order valence-corrected chi connectivity index (χ1v) is 3.15. The van der Waals surface area contributed by atoms with Gasteiger partial charge in [0.25, 0.3) is 0 Å². The van der Waals surface area contributed by atoms with E-state index in [2.05, 4.69) is 9.97 Å². The van der Waals surface area contributed by atoms with Crippen LogP contribution in [0.2, 0.25) is 0 Å². The molecule has 11 heavy (non-hydrogen) atoms. The van der Waals surface area contributed by atoms with E-state index < -0.39 is 4.92 Å². The molecule has 0 atom stereocenters. The number of aromatic nitrogens is 2. The Morgan fingerprint density at radius 2 is 2.36 bits per heavy atom. The Morgan fingerprint density at radius 1 is 1.73 bits per heavy atom. The van der Waals surface area contributed by atoms with Gasteiger partial charge < -0.3 is 10.1 Å². The maximum atomic E-state index is 10.3. The number of H-pyrrole nitrogens is 1. The van der Waals surface area contributed by atoms with Gasteiger partial charge in [0, 0.05) is 13.3 Å². The number of nitro groups is 1. The van der Waals surface area contributed by atoms with Gasteiger partial charge in [-0.05, 0) is 4.92 Å². The number of hydrogen-bond acceptors (Lipinski definition) is 3. The molecule has 0 saturated carbocycles. The predicted octanol–water partition coefficient (Wildman–Crippen LogP) is 1.20. The lowest BCUT2D eigenvalue weighted by Gasteiger charge is -1.90. The summed E-state index contributed by atoms with van der Waals surface area (Å²) >= 11 is 0. The third kappa shape index (κ3) is 1.36. The predicted molar refractivity (Wildman–Crippen MR) is 39.1 cm³/mol. The van der Waals surface area contributed by atoms with Gasteiger partial charge in [0.1, 0.15) is 5.69 Å². The third-order valence-electron chi connectivity index (χ3n) is 1.29. The highest BCUT2D eigenvalue weighted by Crippen LogP contribution is 2.15. The lowest BCUT2D eigenvalue weighted by molar-refractivity contribution is -0.389. The van der Waals surface area contributed by atoms with Crippen LogP contribution in [-0.4, -0.2) is 14.9 Å². The molecule has 0 amide bonds. The highest BCUT2D eigenvalue weighted by atomic mass is 16.6. The Hall–Kier alpha value is -1.39. The van der Waals surface area contributed by atoms with Crippen LogP contribution in [0.1, 0.15) is 18.4 Å². The highest BCUT2D eigenvalue weighted by Gasteiger charge is 2.15. The lowest BCUT2D eigenvalue weighted by Crippen LogP contribution is -1.91. The van der Waals surface area contributed by atoms with Gasteiger partial charge >= 0.3 is 5.82 Å². The van der Waals surface area contributed by atoms with Gasteiger partial charge in [-0.25, -0.2) is 9.97 Å². The van der Waals surface area contributed by atoms with Crippen LogP contribution in [-0.2, 0) is 0 Å². The Labute approximate surface area is 63.6 Å².